The van der Waals surface area contributed by atoms with Gasteiger partial charge in [-0.15, -0.1) is 0 Å². The van der Waals surface area contributed by atoms with Crippen LogP contribution in [-0.4, -0.2) is 43.5 Å². The molecule has 0 radical (unpaired) electrons. The summed E-state index contributed by atoms with van der Waals surface area (Å²) in [6, 6.07) is 0. The summed E-state index contributed by atoms with van der Waals surface area (Å²) in [4.78, 5) is 13.1. The maximum Gasteiger partial charge on any atom is 0.143 e. The van der Waals surface area contributed by atoms with E-state index in [1.807, 2.05) is 0 Å². The number of ketones is 1. The summed E-state index contributed by atoms with van der Waals surface area (Å²) in [6.07, 6.45) is 1.43. The number of likely N-dealkylation sites (tertiary alicyclic amines) is 1. The van der Waals surface area contributed by atoms with Gasteiger partial charge in [0.25, 0.3) is 0 Å². The molecule has 0 aromatic rings. The third-order valence-electron chi connectivity index (χ3n) is 2.72. The zero-order valence-electron chi connectivity index (χ0n) is 8.75. The number of nitrogens with zero attached hydrogens (tertiary/aromatic N) is 1. The third kappa shape index (κ3) is 3.08. The van der Waals surface area contributed by atoms with Gasteiger partial charge in [0.2, 0.25) is 0 Å². The molecule has 0 aromatic heterocycles. The van der Waals surface area contributed by atoms with Crippen molar-refractivity contribution in [3.8, 4) is 0 Å². The predicted molar refractivity (Wildman–Crippen MR) is 51.7 cm³/mol. The van der Waals surface area contributed by atoms with E-state index in [2.05, 4.69) is 11.8 Å². The minimum absolute atomic E-state index is 0.240. The van der Waals surface area contributed by atoms with Crippen molar-refractivity contribution in [2.75, 3.05) is 26.7 Å². The Labute approximate surface area is 80.1 Å². The zero-order chi connectivity index (χ0) is 9.84. The van der Waals surface area contributed by atoms with Crippen LogP contribution in [0, 0.1) is 5.92 Å². The van der Waals surface area contributed by atoms with Crippen molar-refractivity contribution in [3.05, 3.63) is 0 Å². The van der Waals surface area contributed by atoms with Crippen molar-refractivity contribution in [3.63, 3.8) is 0 Å². The molecule has 0 N–H and O–H groups in total. The summed E-state index contributed by atoms with van der Waals surface area (Å²) in [5.74, 6) is 0.859. The van der Waals surface area contributed by atoms with Crippen molar-refractivity contribution < 1.29 is 9.53 Å². The van der Waals surface area contributed by atoms with Gasteiger partial charge >= 0.3 is 0 Å². The number of carbonyl (C=O) groups is 1. The number of carbonyl (C=O) groups excluding carboxylic acids is 1. The lowest BCUT2D eigenvalue weighted by atomic mass is 9.96. The largest absolute Gasteiger partial charge is 0.380 e. The van der Waals surface area contributed by atoms with Crippen LogP contribution in [0.2, 0.25) is 0 Å². The van der Waals surface area contributed by atoms with Gasteiger partial charge in [-0.2, -0.15) is 0 Å². The number of rotatable bonds is 3. The highest BCUT2D eigenvalue weighted by atomic mass is 16.5. The van der Waals surface area contributed by atoms with Gasteiger partial charge in [0.15, 0.2) is 0 Å². The first kappa shape index (κ1) is 10.7. The van der Waals surface area contributed by atoms with Gasteiger partial charge in [0.1, 0.15) is 5.78 Å². The number of Topliss-reactive ketones (excluding diaryl/α,β-unsaturated/α-hetero) is 1. The van der Waals surface area contributed by atoms with Crippen LogP contribution in [-0.2, 0) is 9.53 Å². The summed E-state index contributed by atoms with van der Waals surface area (Å²) >= 11 is 0. The average Bonchev–Trinajstić information content (AvgIpc) is 2.07. The van der Waals surface area contributed by atoms with E-state index in [0.29, 0.717) is 18.6 Å². The molecule has 0 saturated carbocycles. The van der Waals surface area contributed by atoms with Crippen molar-refractivity contribution in [2.24, 2.45) is 5.92 Å². The maximum absolute atomic E-state index is 10.9. The molecule has 0 aromatic carbocycles. The van der Waals surface area contributed by atoms with E-state index >= 15 is 0 Å². The highest BCUT2D eigenvalue weighted by Gasteiger charge is 2.26. The first-order valence-corrected chi connectivity index (χ1v) is 4.88. The molecule has 1 aliphatic heterocycles. The fraction of sp³-hybridized carbons (Fsp3) is 0.900. The lowest BCUT2D eigenvalue weighted by Gasteiger charge is -2.35. The van der Waals surface area contributed by atoms with Crippen LogP contribution >= 0.6 is 0 Å². The number of hydrogen-bond donors (Lipinski definition) is 0. The van der Waals surface area contributed by atoms with E-state index in [-0.39, 0.29) is 5.78 Å². The molecule has 76 valence electrons. The van der Waals surface area contributed by atoms with Crippen LogP contribution in [0.25, 0.3) is 0 Å². The van der Waals surface area contributed by atoms with Crippen molar-refractivity contribution in [1.29, 1.82) is 0 Å². The predicted octanol–water partition coefficient (Wildman–Crippen LogP) is 0.932. The second-order valence-corrected chi connectivity index (χ2v) is 3.98. The smallest absolute Gasteiger partial charge is 0.143 e. The summed E-state index contributed by atoms with van der Waals surface area (Å²) in [5.41, 5.74) is 0. The number of hydrogen-bond acceptors (Lipinski definition) is 3. The van der Waals surface area contributed by atoms with Crippen LogP contribution in [0.4, 0.5) is 0 Å². The summed E-state index contributed by atoms with van der Waals surface area (Å²) in [5, 5.41) is 0. The molecule has 1 rings (SSSR count). The molecule has 0 amide bonds. The highest BCUT2D eigenvalue weighted by Crippen LogP contribution is 2.18. The maximum atomic E-state index is 10.9. The fourth-order valence-electron chi connectivity index (χ4n) is 1.86. The quantitative estimate of drug-likeness (QED) is 0.655. The van der Waals surface area contributed by atoms with Gasteiger partial charge < -0.3 is 4.74 Å². The standard InChI is InChI=1S/C10H19NO2/c1-8-4-5-11(6-9(2)12)7-10(8)13-3/h8,10H,4-7H2,1-3H3. The summed E-state index contributed by atoms with van der Waals surface area (Å²) < 4.78 is 5.36. The Bertz CT molecular complexity index is 182. The molecular formula is C10H19NO2. The second-order valence-electron chi connectivity index (χ2n) is 3.98. The molecule has 1 saturated heterocycles. The van der Waals surface area contributed by atoms with Crippen molar-refractivity contribution in [2.45, 2.75) is 26.4 Å². The average molecular weight is 185 g/mol. The van der Waals surface area contributed by atoms with Gasteiger partial charge in [-0.1, -0.05) is 6.92 Å². The molecule has 2 atom stereocenters. The Balaban J connectivity index is 2.40. The van der Waals surface area contributed by atoms with Crippen LogP contribution in [0.3, 0.4) is 0 Å². The van der Waals surface area contributed by atoms with E-state index in [4.69, 9.17) is 4.74 Å². The first-order valence-electron chi connectivity index (χ1n) is 4.88. The van der Waals surface area contributed by atoms with E-state index in [9.17, 15) is 4.79 Å². The lowest BCUT2D eigenvalue weighted by molar-refractivity contribution is -0.119. The zero-order valence-corrected chi connectivity index (χ0v) is 8.75. The number of ether oxygens (including phenoxy) is 1. The van der Waals surface area contributed by atoms with Crippen molar-refractivity contribution >= 4 is 5.78 Å². The fourth-order valence-corrected chi connectivity index (χ4v) is 1.86. The Kier molecular flexibility index (Phi) is 3.88. The van der Waals surface area contributed by atoms with E-state index in [0.717, 1.165) is 19.5 Å². The van der Waals surface area contributed by atoms with Crippen LogP contribution < -0.4 is 0 Å². The van der Waals surface area contributed by atoms with E-state index in [1.54, 1.807) is 14.0 Å². The Morgan fingerprint density at radius 1 is 1.62 bits per heavy atom. The van der Waals surface area contributed by atoms with Gasteiger partial charge in [-0.25, -0.2) is 0 Å². The molecule has 3 heteroatoms. The van der Waals surface area contributed by atoms with Crippen LogP contribution in [0.15, 0.2) is 0 Å². The second kappa shape index (κ2) is 4.72. The summed E-state index contributed by atoms with van der Waals surface area (Å²) in [7, 11) is 1.75. The minimum Gasteiger partial charge on any atom is -0.380 e. The van der Waals surface area contributed by atoms with E-state index in [1.165, 1.54) is 0 Å². The molecule has 13 heavy (non-hydrogen) atoms. The minimum atomic E-state index is 0.240. The molecule has 2 unspecified atom stereocenters. The highest BCUT2D eigenvalue weighted by molar-refractivity contribution is 5.77. The van der Waals surface area contributed by atoms with Gasteiger partial charge in [0, 0.05) is 13.7 Å². The van der Waals surface area contributed by atoms with Crippen LogP contribution in [0.5, 0.6) is 0 Å². The lowest BCUT2D eigenvalue weighted by Crippen LogP contribution is -2.45. The number of methoxy groups -OCH3 is 1. The summed E-state index contributed by atoms with van der Waals surface area (Å²) in [6.45, 7) is 6.35. The van der Waals surface area contributed by atoms with Gasteiger partial charge in [-0.3, -0.25) is 9.69 Å². The molecule has 0 spiro atoms. The molecular weight excluding hydrogens is 166 g/mol. The normalized spacial score (nSPS) is 30.4. The van der Waals surface area contributed by atoms with Crippen LogP contribution in [0.1, 0.15) is 20.3 Å². The molecule has 1 heterocycles. The van der Waals surface area contributed by atoms with Gasteiger partial charge in [-0.05, 0) is 25.8 Å². The Morgan fingerprint density at radius 2 is 2.31 bits per heavy atom. The van der Waals surface area contributed by atoms with E-state index < -0.39 is 0 Å². The molecule has 1 aliphatic rings. The molecule has 3 nitrogen and oxygen atoms in total. The molecule has 0 aliphatic carbocycles. The third-order valence-corrected chi connectivity index (χ3v) is 2.72. The topological polar surface area (TPSA) is 29.5 Å². The monoisotopic (exact) mass is 185 g/mol. The number of piperidine rings is 1. The van der Waals surface area contributed by atoms with Crippen molar-refractivity contribution in [1.82, 2.24) is 4.90 Å². The molecule has 1 fully saturated rings. The first-order chi connectivity index (χ1) is 6.13. The molecule has 0 bridgehead atoms. The van der Waals surface area contributed by atoms with Gasteiger partial charge in [0.05, 0.1) is 12.6 Å². The Morgan fingerprint density at radius 3 is 2.85 bits per heavy atom. The Hall–Kier alpha value is -0.410. The SMILES string of the molecule is COC1CN(CC(C)=O)CCC1C.